The number of hydrogen-bond acceptors (Lipinski definition) is 5. The number of carbonyl (C=O) groups excluding carboxylic acids is 2. The third-order valence-electron chi connectivity index (χ3n) is 4.22. The second-order valence-corrected chi connectivity index (χ2v) is 8.05. The van der Waals surface area contributed by atoms with Crippen molar-refractivity contribution < 1.29 is 9.59 Å². The molecule has 0 bridgehead atoms. The fraction of sp³-hybridized carbons (Fsp3) is 0.0476. The zero-order valence-corrected chi connectivity index (χ0v) is 18.0. The first kappa shape index (κ1) is 20.0. The van der Waals surface area contributed by atoms with Gasteiger partial charge in [0.1, 0.15) is 6.33 Å². The van der Waals surface area contributed by atoms with Crippen LogP contribution < -0.4 is 10.6 Å². The van der Waals surface area contributed by atoms with Crippen LogP contribution in [0.1, 0.15) is 26.3 Å². The molecule has 2 amide bonds. The Balaban J connectivity index is 1.45. The average molecular weight is 482 g/mol. The zero-order valence-electron chi connectivity index (χ0n) is 15.6. The van der Waals surface area contributed by atoms with Crippen LogP contribution in [0.5, 0.6) is 0 Å². The number of carbonyl (C=O) groups is 2. The molecule has 4 aromatic rings. The van der Waals surface area contributed by atoms with Crippen molar-refractivity contribution in [1.82, 2.24) is 14.8 Å². The van der Waals surface area contributed by atoms with E-state index in [9.17, 15) is 9.59 Å². The summed E-state index contributed by atoms with van der Waals surface area (Å²) in [6, 6.07) is 16.4. The number of para-hydroxylation sites is 1. The van der Waals surface area contributed by atoms with Gasteiger partial charge in [-0.15, -0.1) is 5.10 Å². The van der Waals surface area contributed by atoms with Crippen LogP contribution in [0.15, 0.2) is 76.2 Å². The van der Waals surface area contributed by atoms with E-state index in [-0.39, 0.29) is 11.9 Å². The summed E-state index contributed by atoms with van der Waals surface area (Å²) in [4.78, 5) is 29.2. The third-order valence-corrected chi connectivity index (χ3v) is 5.43. The highest BCUT2D eigenvalue weighted by Gasteiger charge is 2.16. The maximum absolute atomic E-state index is 12.8. The molecule has 0 unspecified atom stereocenters. The van der Waals surface area contributed by atoms with Gasteiger partial charge >= 0.3 is 0 Å². The number of rotatable bonds is 6. The van der Waals surface area contributed by atoms with Gasteiger partial charge in [0.15, 0.2) is 0 Å². The van der Waals surface area contributed by atoms with E-state index in [0.717, 1.165) is 10.0 Å². The summed E-state index contributed by atoms with van der Waals surface area (Å²) in [6.45, 7) is 0.531. The molecule has 30 heavy (non-hydrogen) atoms. The van der Waals surface area contributed by atoms with Crippen LogP contribution in [0.2, 0.25) is 0 Å². The summed E-state index contributed by atoms with van der Waals surface area (Å²) >= 11 is 4.84. The van der Waals surface area contributed by atoms with Crippen LogP contribution in [-0.4, -0.2) is 26.6 Å². The molecule has 2 N–H and O–H groups in total. The van der Waals surface area contributed by atoms with Gasteiger partial charge < -0.3 is 5.32 Å². The average Bonchev–Trinajstić information content (AvgIpc) is 3.42. The van der Waals surface area contributed by atoms with Crippen molar-refractivity contribution in [2.45, 2.75) is 6.54 Å². The monoisotopic (exact) mass is 481 g/mol. The van der Waals surface area contributed by atoms with Crippen LogP contribution >= 0.6 is 27.3 Å². The van der Waals surface area contributed by atoms with Crippen molar-refractivity contribution in [3.8, 4) is 0 Å². The Morgan fingerprint density at radius 3 is 2.57 bits per heavy atom. The Morgan fingerprint density at radius 1 is 1.00 bits per heavy atom. The van der Waals surface area contributed by atoms with Gasteiger partial charge in [-0.05, 0) is 41.3 Å². The number of thiophene rings is 1. The van der Waals surface area contributed by atoms with E-state index in [1.807, 2.05) is 29.6 Å². The molecule has 4 rings (SSSR count). The number of nitrogens with zero attached hydrogens (tertiary/aromatic N) is 3. The van der Waals surface area contributed by atoms with Crippen molar-refractivity contribution in [2.75, 3.05) is 10.6 Å². The summed E-state index contributed by atoms with van der Waals surface area (Å²) < 4.78 is 2.64. The number of nitrogens with one attached hydrogen (secondary N) is 2. The highest BCUT2D eigenvalue weighted by molar-refractivity contribution is 9.10. The second kappa shape index (κ2) is 9.02. The Labute approximate surface area is 184 Å². The molecule has 0 atom stereocenters. The highest BCUT2D eigenvalue weighted by Crippen LogP contribution is 2.18. The molecule has 0 aliphatic rings. The maximum Gasteiger partial charge on any atom is 0.260 e. The van der Waals surface area contributed by atoms with Gasteiger partial charge in [0.05, 0.1) is 23.4 Å². The number of hydrogen-bond donors (Lipinski definition) is 2. The molecule has 0 aliphatic heterocycles. The van der Waals surface area contributed by atoms with E-state index in [0.29, 0.717) is 23.4 Å². The zero-order chi connectivity index (χ0) is 20.9. The standard InChI is InChI=1S/C21H16BrN5O2S/c22-16-7-5-14(6-8-16)11-27-13-23-21(26-27)25-20(29)17-3-1-2-4-18(17)24-19(28)15-9-10-30-12-15/h1-10,12-13H,11H2,(H,24,28)(H,25,26,29). The minimum atomic E-state index is -0.405. The molecule has 0 aliphatic carbocycles. The van der Waals surface area contributed by atoms with Gasteiger partial charge in [0.25, 0.3) is 11.8 Å². The predicted octanol–water partition coefficient (Wildman–Crippen LogP) is 4.66. The number of halogens is 1. The highest BCUT2D eigenvalue weighted by atomic mass is 79.9. The summed E-state index contributed by atoms with van der Waals surface area (Å²) in [7, 11) is 0. The molecule has 2 aromatic heterocycles. The molecular formula is C21H16BrN5O2S. The predicted molar refractivity (Wildman–Crippen MR) is 120 cm³/mol. The van der Waals surface area contributed by atoms with E-state index in [1.165, 1.54) is 11.3 Å². The van der Waals surface area contributed by atoms with Crippen molar-refractivity contribution >= 4 is 50.7 Å². The lowest BCUT2D eigenvalue weighted by atomic mass is 10.1. The van der Waals surface area contributed by atoms with Crippen LogP contribution in [0.3, 0.4) is 0 Å². The topological polar surface area (TPSA) is 88.9 Å². The smallest absolute Gasteiger partial charge is 0.260 e. The van der Waals surface area contributed by atoms with Crippen molar-refractivity contribution in [3.63, 3.8) is 0 Å². The molecule has 0 spiro atoms. The summed E-state index contributed by atoms with van der Waals surface area (Å²) in [5.74, 6) is -0.484. The van der Waals surface area contributed by atoms with Crippen molar-refractivity contribution in [1.29, 1.82) is 0 Å². The second-order valence-electron chi connectivity index (χ2n) is 6.36. The van der Waals surface area contributed by atoms with Crippen molar-refractivity contribution in [2.24, 2.45) is 0 Å². The Kier molecular flexibility index (Phi) is 6.01. The Bertz CT molecular complexity index is 1170. The molecule has 0 saturated heterocycles. The van der Waals surface area contributed by atoms with E-state index >= 15 is 0 Å². The summed E-state index contributed by atoms with van der Waals surface area (Å²) in [5.41, 5.74) is 2.34. The molecule has 0 radical (unpaired) electrons. The Hall–Kier alpha value is -3.30. The lowest BCUT2D eigenvalue weighted by Gasteiger charge is -2.09. The number of aromatic nitrogens is 3. The van der Waals surface area contributed by atoms with Gasteiger partial charge in [0.2, 0.25) is 5.95 Å². The largest absolute Gasteiger partial charge is 0.321 e. The Morgan fingerprint density at radius 2 is 1.80 bits per heavy atom. The molecule has 9 heteroatoms. The SMILES string of the molecule is O=C(Nc1ccccc1C(=O)Nc1ncn(Cc2ccc(Br)cc2)n1)c1ccsc1. The molecule has 0 saturated carbocycles. The molecule has 150 valence electrons. The molecule has 2 heterocycles. The lowest BCUT2D eigenvalue weighted by Crippen LogP contribution is -2.18. The molecular weight excluding hydrogens is 466 g/mol. The molecule has 0 fully saturated rings. The quantitative estimate of drug-likeness (QED) is 0.419. The number of anilines is 2. The molecule has 2 aromatic carbocycles. The lowest BCUT2D eigenvalue weighted by molar-refractivity contribution is 0.102. The summed E-state index contributed by atoms with van der Waals surface area (Å²) in [6.07, 6.45) is 1.56. The summed E-state index contributed by atoms with van der Waals surface area (Å²) in [5, 5.41) is 13.3. The van der Waals surface area contributed by atoms with Gasteiger partial charge in [0, 0.05) is 9.85 Å². The number of benzene rings is 2. The van der Waals surface area contributed by atoms with Crippen LogP contribution in [-0.2, 0) is 6.54 Å². The van der Waals surface area contributed by atoms with Gasteiger partial charge in [-0.3, -0.25) is 14.9 Å². The first-order valence-electron chi connectivity index (χ1n) is 8.96. The fourth-order valence-corrected chi connectivity index (χ4v) is 3.65. The van der Waals surface area contributed by atoms with Crippen LogP contribution in [0, 0.1) is 0 Å². The first-order valence-corrected chi connectivity index (χ1v) is 10.7. The van der Waals surface area contributed by atoms with Gasteiger partial charge in [-0.25, -0.2) is 9.67 Å². The van der Waals surface area contributed by atoms with Gasteiger partial charge in [-0.1, -0.05) is 40.2 Å². The minimum absolute atomic E-state index is 0.191. The van der Waals surface area contributed by atoms with Crippen molar-refractivity contribution in [3.05, 3.63) is 92.8 Å². The van der Waals surface area contributed by atoms with E-state index in [4.69, 9.17) is 0 Å². The number of amides is 2. The normalized spacial score (nSPS) is 10.6. The van der Waals surface area contributed by atoms with E-state index < -0.39 is 5.91 Å². The first-order chi connectivity index (χ1) is 14.6. The van der Waals surface area contributed by atoms with E-state index in [1.54, 1.807) is 46.7 Å². The van der Waals surface area contributed by atoms with Crippen LogP contribution in [0.25, 0.3) is 0 Å². The maximum atomic E-state index is 12.8. The third kappa shape index (κ3) is 4.81. The molecule has 7 nitrogen and oxygen atoms in total. The minimum Gasteiger partial charge on any atom is -0.321 e. The van der Waals surface area contributed by atoms with E-state index in [2.05, 4.69) is 36.6 Å². The fourth-order valence-electron chi connectivity index (χ4n) is 2.75. The van der Waals surface area contributed by atoms with Crippen LogP contribution in [0.4, 0.5) is 11.6 Å². The van der Waals surface area contributed by atoms with Gasteiger partial charge in [-0.2, -0.15) is 11.3 Å².